The molecule has 1 heterocycles. The van der Waals surface area contributed by atoms with E-state index >= 15 is 0 Å². The molecule has 1 aliphatic heterocycles. The summed E-state index contributed by atoms with van der Waals surface area (Å²) in [4.78, 5) is 35.7. The van der Waals surface area contributed by atoms with E-state index in [-0.39, 0.29) is 13.2 Å². The van der Waals surface area contributed by atoms with Crippen molar-refractivity contribution in [1.82, 2.24) is 10.2 Å². The van der Waals surface area contributed by atoms with E-state index in [0.29, 0.717) is 13.0 Å². The maximum absolute atomic E-state index is 11.7. The summed E-state index contributed by atoms with van der Waals surface area (Å²) in [6.45, 7) is 3.82. The van der Waals surface area contributed by atoms with Gasteiger partial charge in [0.15, 0.2) is 0 Å². The van der Waals surface area contributed by atoms with Crippen molar-refractivity contribution in [3.8, 4) is 0 Å². The van der Waals surface area contributed by atoms with E-state index in [4.69, 9.17) is 0 Å². The predicted molar refractivity (Wildman–Crippen MR) is 66.6 cm³/mol. The number of alkyl carbamates (subject to hydrolysis) is 1. The predicted octanol–water partition coefficient (Wildman–Crippen LogP) is 0.588. The molecule has 1 atom stereocenters. The molecular weight excluding hydrogens is 252 g/mol. The fourth-order valence-corrected chi connectivity index (χ4v) is 2.17. The second-order valence-corrected chi connectivity index (χ2v) is 4.73. The molecule has 1 aliphatic rings. The van der Waals surface area contributed by atoms with Crippen molar-refractivity contribution >= 4 is 18.0 Å². The van der Waals surface area contributed by atoms with Gasteiger partial charge in [-0.05, 0) is 39.7 Å². The molecule has 7 heteroatoms. The van der Waals surface area contributed by atoms with Crippen molar-refractivity contribution < 1.29 is 24.2 Å². The van der Waals surface area contributed by atoms with Crippen LogP contribution in [0.15, 0.2) is 0 Å². The lowest BCUT2D eigenvalue weighted by Crippen LogP contribution is -2.57. The largest absolute Gasteiger partial charge is 0.480 e. The molecule has 0 aliphatic carbocycles. The highest BCUT2D eigenvalue weighted by Crippen LogP contribution is 2.27. The monoisotopic (exact) mass is 272 g/mol. The number of aliphatic carboxylic acids is 1. The first-order valence-electron chi connectivity index (χ1n) is 6.35. The molecule has 7 nitrogen and oxygen atoms in total. The van der Waals surface area contributed by atoms with E-state index in [1.54, 1.807) is 18.7 Å². The lowest BCUT2D eigenvalue weighted by atomic mass is 9.88. The number of hydrogen-bond acceptors (Lipinski definition) is 5. The highest BCUT2D eigenvalue weighted by Gasteiger charge is 2.42. The van der Waals surface area contributed by atoms with Gasteiger partial charge < -0.3 is 9.84 Å². The summed E-state index contributed by atoms with van der Waals surface area (Å²) in [7, 11) is 0. The number of carboxylic acids is 1. The SMILES string of the molecule is CCOC(=O)NC(=O)CN1CCCCC1(C)C(=O)O. The van der Waals surface area contributed by atoms with Gasteiger partial charge >= 0.3 is 12.1 Å². The molecule has 1 unspecified atom stereocenters. The lowest BCUT2D eigenvalue weighted by Gasteiger charge is -2.41. The smallest absolute Gasteiger partial charge is 0.413 e. The van der Waals surface area contributed by atoms with E-state index in [2.05, 4.69) is 10.1 Å². The third kappa shape index (κ3) is 3.92. The Kier molecular flexibility index (Phi) is 5.29. The average molecular weight is 272 g/mol. The van der Waals surface area contributed by atoms with Gasteiger partial charge in [0.1, 0.15) is 5.54 Å². The molecule has 0 radical (unpaired) electrons. The van der Waals surface area contributed by atoms with Crippen LogP contribution in [0, 0.1) is 0 Å². The Balaban J connectivity index is 2.60. The van der Waals surface area contributed by atoms with Crippen molar-refractivity contribution in [2.24, 2.45) is 0 Å². The van der Waals surface area contributed by atoms with Gasteiger partial charge in [-0.25, -0.2) is 4.79 Å². The maximum Gasteiger partial charge on any atom is 0.413 e. The molecule has 0 aromatic rings. The lowest BCUT2D eigenvalue weighted by molar-refractivity contribution is -0.153. The minimum Gasteiger partial charge on any atom is -0.480 e. The Labute approximate surface area is 111 Å². The number of carbonyl (C=O) groups excluding carboxylic acids is 2. The summed E-state index contributed by atoms with van der Waals surface area (Å²) in [6, 6.07) is 0. The van der Waals surface area contributed by atoms with Crippen LogP contribution in [0.3, 0.4) is 0 Å². The standard InChI is InChI=1S/C12H20N2O5/c1-3-19-11(18)13-9(15)8-14-7-5-4-6-12(14,2)10(16)17/h3-8H2,1-2H3,(H,16,17)(H,13,15,18). The zero-order valence-corrected chi connectivity index (χ0v) is 11.3. The highest BCUT2D eigenvalue weighted by molar-refractivity contribution is 5.93. The number of carboxylic acid groups (broad SMARTS) is 1. The van der Waals surface area contributed by atoms with E-state index in [1.807, 2.05) is 0 Å². The molecule has 2 N–H and O–H groups in total. The van der Waals surface area contributed by atoms with Crippen molar-refractivity contribution in [2.45, 2.75) is 38.6 Å². The van der Waals surface area contributed by atoms with Gasteiger partial charge in [-0.1, -0.05) is 0 Å². The number of piperidine rings is 1. The Hall–Kier alpha value is -1.63. The second-order valence-electron chi connectivity index (χ2n) is 4.73. The van der Waals surface area contributed by atoms with Crippen LogP contribution in [0.25, 0.3) is 0 Å². The fourth-order valence-electron chi connectivity index (χ4n) is 2.17. The quantitative estimate of drug-likeness (QED) is 0.777. The summed E-state index contributed by atoms with van der Waals surface area (Å²) in [5.41, 5.74) is -1.05. The van der Waals surface area contributed by atoms with E-state index in [0.717, 1.165) is 12.8 Å². The third-order valence-corrected chi connectivity index (χ3v) is 3.35. The minimum atomic E-state index is -1.05. The molecule has 108 valence electrons. The Morgan fingerprint density at radius 1 is 1.37 bits per heavy atom. The third-order valence-electron chi connectivity index (χ3n) is 3.35. The van der Waals surface area contributed by atoms with Crippen LogP contribution < -0.4 is 5.32 Å². The number of ether oxygens (including phenoxy) is 1. The summed E-state index contributed by atoms with van der Waals surface area (Å²) in [6.07, 6.45) is 1.35. The van der Waals surface area contributed by atoms with Crippen molar-refractivity contribution in [3.63, 3.8) is 0 Å². The van der Waals surface area contributed by atoms with Gasteiger partial charge in [-0.3, -0.25) is 19.8 Å². The molecule has 0 bridgehead atoms. The average Bonchev–Trinajstić information content (AvgIpc) is 2.32. The summed E-state index contributed by atoms with van der Waals surface area (Å²) in [5, 5.41) is 11.4. The maximum atomic E-state index is 11.7. The number of imide groups is 1. The van der Waals surface area contributed by atoms with Crippen LogP contribution in [0.1, 0.15) is 33.1 Å². The van der Waals surface area contributed by atoms with Crippen molar-refractivity contribution in [2.75, 3.05) is 19.7 Å². The number of rotatable bonds is 4. The number of carbonyl (C=O) groups is 3. The van der Waals surface area contributed by atoms with Crippen LogP contribution in [0.2, 0.25) is 0 Å². The molecule has 0 saturated carbocycles. The number of hydrogen-bond donors (Lipinski definition) is 2. The topological polar surface area (TPSA) is 95.9 Å². The second kappa shape index (κ2) is 6.51. The number of nitrogens with one attached hydrogen (secondary N) is 1. The Morgan fingerprint density at radius 3 is 2.63 bits per heavy atom. The van der Waals surface area contributed by atoms with Crippen LogP contribution in [0.4, 0.5) is 4.79 Å². The van der Waals surface area contributed by atoms with E-state index in [9.17, 15) is 19.5 Å². The summed E-state index contributed by atoms with van der Waals surface area (Å²) >= 11 is 0. The van der Waals surface area contributed by atoms with Crippen LogP contribution in [-0.4, -0.2) is 53.2 Å². The normalized spacial score (nSPS) is 23.7. The molecule has 0 aromatic carbocycles. The van der Waals surface area contributed by atoms with Gasteiger partial charge in [0.25, 0.3) is 0 Å². The van der Waals surface area contributed by atoms with Crippen LogP contribution >= 0.6 is 0 Å². The first-order chi connectivity index (χ1) is 8.90. The van der Waals surface area contributed by atoms with E-state index < -0.39 is 23.5 Å². The minimum absolute atomic E-state index is 0.123. The number of likely N-dealkylation sites (tertiary alicyclic amines) is 1. The van der Waals surface area contributed by atoms with Crippen molar-refractivity contribution in [3.05, 3.63) is 0 Å². The van der Waals surface area contributed by atoms with Crippen molar-refractivity contribution in [1.29, 1.82) is 0 Å². The van der Waals surface area contributed by atoms with E-state index in [1.165, 1.54) is 0 Å². The molecule has 19 heavy (non-hydrogen) atoms. The van der Waals surface area contributed by atoms with Gasteiger partial charge in [0, 0.05) is 0 Å². The fraction of sp³-hybridized carbons (Fsp3) is 0.750. The van der Waals surface area contributed by atoms with Gasteiger partial charge in [-0.15, -0.1) is 0 Å². The zero-order chi connectivity index (χ0) is 14.5. The number of amides is 2. The van der Waals surface area contributed by atoms with Crippen LogP contribution in [0.5, 0.6) is 0 Å². The van der Waals surface area contributed by atoms with Gasteiger partial charge in [0.2, 0.25) is 5.91 Å². The molecular formula is C12H20N2O5. The van der Waals surface area contributed by atoms with Gasteiger partial charge in [-0.2, -0.15) is 0 Å². The molecule has 0 spiro atoms. The summed E-state index contributed by atoms with van der Waals surface area (Å²) < 4.78 is 4.60. The zero-order valence-electron chi connectivity index (χ0n) is 11.3. The molecule has 1 rings (SSSR count). The molecule has 1 fully saturated rings. The Bertz CT molecular complexity index is 371. The summed E-state index contributed by atoms with van der Waals surface area (Å²) in [5.74, 6) is -1.50. The molecule has 2 amide bonds. The highest BCUT2D eigenvalue weighted by atomic mass is 16.5. The number of nitrogens with zero attached hydrogens (tertiary/aromatic N) is 1. The Morgan fingerprint density at radius 2 is 2.05 bits per heavy atom. The van der Waals surface area contributed by atoms with Gasteiger partial charge in [0.05, 0.1) is 13.2 Å². The first-order valence-corrected chi connectivity index (χ1v) is 6.35. The molecule has 0 aromatic heterocycles. The first kappa shape index (κ1) is 15.4. The van der Waals surface area contributed by atoms with Crippen LogP contribution in [-0.2, 0) is 14.3 Å². The molecule has 1 saturated heterocycles.